The Balaban J connectivity index is 2.37. The standard InChI is InChI=1S/C14H16N2O2/c1-9(2)11-4-6-12(7-5-11)16-8-10(3)13(15-16)14(17)18/h4-9H,1-3H3,(H,17,18). The van der Waals surface area contributed by atoms with Crippen LogP contribution in [0.5, 0.6) is 0 Å². The Morgan fingerprint density at radius 1 is 1.28 bits per heavy atom. The molecule has 0 aliphatic rings. The number of aryl methyl sites for hydroxylation is 1. The molecule has 1 aromatic heterocycles. The molecule has 0 aliphatic heterocycles. The van der Waals surface area contributed by atoms with E-state index >= 15 is 0 Å². The maximum atomic E-state index is 10.9. The van der Waals surface area contributed by atoms with Gasteiger partial charge in [-0.3, -0.25) is 0 Å². The molecular weight excluding hydrogens is 228 g/mol. The fourth-order valence-corrected chi connectivity index (χ4v) is 1.82. The zero-order valence-corrected chi connectivity index (χ0v) is 10.7. The monoisotopic (exact) mass is 244 g/mol. The summed E-state index contributed by atoms with van der Waals surface area (Å²) in [5.41, 5.74) is 2.88. The Morgan fingerprint density at radius 3 is 2.33 bits per heavy atom. The molecule has 4 nitrogen and oxygen atoms in total. The van der Waals surface area contributed by atoms with E-state index in [-0.39, 0.29) is 5.69 Å². The zero-order chi connectivity index (χ0) is 13.3. The van der Waals surface area contributed by atoms with Crippen LogP contribution in [0.4, 0.5) is 0 Å². The highest BCUT2D eigenvalue weighted by Crippen LogP contribution is 2.17. The van der Waals surface area contributed by atoms with Crippen molar-refractivity contribution in [3.05, 3.63) is 47.3 Å². The molecule has 0 aliphatic carbocycles. The van der Waals surface area contributed by atoms with Crippen molar-refractivity contribution in [3.63, 3.8) is 0 Å². The number of rotatable bonds is 3. The van der Waals surface area contributed by atoms with Crippen molar-refractivity contribution in [2.75, 3.05) is 0 Å². The summed E-state index contributed by atoms with van der Waals surface area (Å²) in [6.45, 7) is 6.01. The molecule has 2 aromatic rings. The number of benzene rings is 1. The van der Waals surface area contributed by atoms with E-state index in [2.05, 4.69) is 18.9 Å². The SMILES string of the molecule is Cc1cn(-c2ccc(C(C)C)cc2)nc1C(=O)O. The van der Waals surface area contributed by atoms with Crippen LogP contribution in [0.1, 0.15) is 41.4 Å². The molecule has 0 atom stereocenters. The minimum Gasteiger partial charge on any atom is -0.476 e. The molecule has 0 saturated heterocycles. The van der Waals surface area contributed by atoms with E-state index < -0.39 is 5.97 Å². The van der Waals surface area contributed by atoms with Gasteiger partial charge in [-0.05, 0) is 30.5 Å². The van der Waals surface area contributed by atoms with Crippen LogP contribution in [0.25, 0.3) is 5.69 Å². The predicted octanol–water partition coefficient (Wildman–Crippen LogP) is 3.00. The molecule has 0 bridgehead atoms. The normalized spacial score (nSPS) is 10.9. The lowest BCUT2D eigenvalue weighted by atomic mass is 10.0. The lowest BCUT2D eigenvalue weighted by Gasteiger charge is -2.06. The van der Waals surface area contributed by atoms with Crippen molar-refractivity contribution in [2.24, 2.45) is 0 Å². The van der Waals surface area contributed by atoms with E-state index in [9.17, 15) is 4.79 Å². The van der Waals surface area contributed by atoms with E-state index in [0.29, 0.717) is 11.5 Å². The van der Waals surface area contributed by atoms with Gasteiger partial charge in [0.05, 0.1) is 5.69 Å². The predicted molar refractivity (Wildman–Crippen MR) is 69.3 cm³/mol. The minimum atomic E-state index is -0.995. The number of nitrogens with zero attached hydrogens (tertiary/aromatic N) is 2. The molecule has 18 heavy (non-hydrogen) atoms. The first-order valence-corrected chi connectivity index (χ1v) is 5.89. The molecule has 1 N–H and O–H groups in total. The Morgan fingerprint density at radius 2 is 1.89 bits per heavy atom. The number of carbonyl (C=O) groups is 1. The van der Waals surface area contributed by atoms with Crippen molar-refractivity contribution in [1.82, 2.24) is 9.78 Å². The van der Waals surface area contributed by atoms with Crippen molar-refractivity contribution in [2.45, 2.75) is 26.7 Å². The molecule has 1 aromatic carbocycles. The molecule has 94 valence electrons. The first-order valence-electron chi connectivity index (χ1n) is 5.89. The van der Waals surface area contributed by atoms with Gasteiger partial charge < -0.3 is 5.11 Å². The lowest BCUT2D eigenvalue weighted by Crippen LogP contribution is -2.01. The first-order chi connectivity index (χ1) is 8.49. The van der Waals surface area contributed by atoms with Crippen molar-refractivity contribution < 1.29 is 9.90 Å². The van der Waals surface area contributed by atoms with E-state index in [4.69, 9.17) is 5.11 Å². The Hall–Kier alpha value is -2.10. The highest BCUT2D eigenvalue weighted by atomic mass is 16.4. The molecular formula is C14H16N2O2. The highest BCUT2D eigenvalue weighted by Gasteiger charge is 2.12. The summed E-state index contributed by atoms with van der Waals surface area (Å²) >= 11 is 0. The summed E-state index contributed by atoms with van der Waals surface area (Å²) in [6, 6.07) is 7.98. The van der Waals surface area contributed by atoms with Crippen LogP contribution in [0.2, 0.25) is 0 Å². The maximum absolute atomic E-state index is 10.9. The van der Waals surface area contributed by atoms with Gasteiger partial charge in [0.2, 0.25) is 0 Å². The van der Waals surface area contributed by atoms with E-state index in [0.717, 1.165) is 5.69 Å². The molecule has 2 rings (SSSR count). The first kappa shape index (κ1) is 12.4. The average molecular weight is 244 g/mol. The molecule has 1 heterocycles. The Labute approximate surface area is 106 Å². The summed E-state index contributed by atoms with van der Waals surface area (Å²) in [5.74, 6) is -0.516. The van der Waals surface area contributed by atoms with Crippen LogP contribution >= 0.6 is 0 Å². The van der Waals surface area contributed by atoms with Gasteiger partial charge >= 0.3 is 5.97 Å². The van der Waals surface area contributed by atoms with Crippen LogP contribution in [-0.2, 0) is 0 Å². The molecule has 0 amide bonds. The topological polar surface area (TPSA) is 55.1 Å². The number of carboxylic acids is 1. The number of hydrogen-bond acceptors (Lipinski definition) is 2. The molecule has 0 saturated carbocycles. The number of carboxylic acid groups (broad SMARTS) is 1. The third-order valence-corrected chi connectivity index (χ3v) is 2.92. The van der Waals surface area contributed by atoms with Crippen LogP contribution < -0.4 is 0 Å². The van der Waals surface area contributed by atoms with Gasteiger partial charge in [0.25, 0.3) is 0 Å². The van der Waals surface area contributed by atoms with Crippen molar-refractivity contribution in [3.8, 4) is 5.69 Å². The fraction of sp³-hybridized carbons (Fsp3) is 0.286. The highest BCUT2D eigenvalue weighted by molar-refractivity contribution is 5.86. The summed E-state index contributed by atoms with van der Waals surface area (Å²) in [7, 11) is 0. The van der Waals surface area contributed by atoms with E-state index in [1.54, 1.807) is 17.8 Å². The largest absolute Gasteiger partial charge is 0.476 e. The van der Waals surface area contributed by atoms with Gasteiger partial charge in [0, 0.05) is 11.8 Å². The van der Waals surface area contributed by atoms with Gasteiger partial charge in [0.1, 0.15) is 0 Å². The van der Waals surface area contributed by atoms with Gasteiger partial charge in [-0.15, -0.1) is 0 Å². The molecule has 0 spiro atoms. The van der Waals surface area contributed by atoms with Crippen molar-refractivity contribution in [1.29, 1.82) is 0 Å². The van der Waals surface area contributed by atoms with Crippen LogP contribution in [0, 0.1) is 6.92 Å². The van der Waals surface area contributed by atoms with Gasteiger partial charge in [-0.25, -0.2) is 9.48 Å². The Kier molecular flexibility index (Phi) is 3.19. The van der Waals surface area contributed by atoms with Crippen LogP contribution in [-0.4, -0.2) is 20.9 Å². The molecule has 0 radical (unpaired) electrons. The maximum Gasteiger partial charge on any atom is 0.356 e. The third kappa shape index (κ3) is 2.27. The lowest BCUT2D eigenvalue weighted by molar-refractivity contribution is 0.0689. The minimum absolute atomic E-state index is 0.0999. The fourth-order valence-electron chi connectivity index (χ4n) is 1.82. The molecule has 4 heteroatoms. The van der Waals surface area contributed by atoms with Crippen LogP contribution in [0.15, 0.2) is 30.5 Å². The zero-order valence-electron chi connectivity index (χ0n) is 10.7. The van der Waals surface area contributed by atoms with Crippen LogP contribution in [0.3, 0.4) is 0 Å². The van der Waals surface area contributed by atoms with E-state index in [1.807, 2.05) is 24.3 Å². The average Bonchev–Trinajstić information content (AvgIpc) is 2.71. The third-order valence-electron chi connectivity index (χ3n) is 2.92. The smallest absolute Gasteiger partial charge is 0.356 e. The number of aromatic carboxylic acids is 1. The summed E-state index contributed by atoms with van der Waals surface area (Å²) < 4.78 is 1.60. The summed E-state index contributed by atoms with van der Waals surface area (Å²) in [4.78, 5) is 10.9. The number of aromatic nitrogens is 2. The second-order valence-corrected chi connectivity index (χ2v) is 4.66. The second kappa shape index (κ2) is 4.64. The van der Waals surface area contributed by atoms with E-state index in [1.165, 1.54) is 5.56 Å². The summed E-state index contributed by atoms with van der Waals surface area (Å²) in [5, 5.41) is 13.0. The quantitative estimate of drug-likeness (QED) is 0.903. The molecule has 0 unspecified atom stereocenters. The molecule has 0 fully saturated rings. The van der Waals surface area contributed by atoms with Gasteiger partial charge in [-0.1, -0.05) is 26.0 Å². The summed E-state index contributed by atoms with van der Waals surface area (Å²) in [6.07, 6.45) is 1.73. The van der Waals surface area contributed by atoms with Gasteiger partial charge in [0.15, 0.2) is 5.69 Å². The van der Waals surface area contributed by atoms with Gasteiger partial charge in [-0.2, -0.15) is 5.10 Å². The Bertz CT molecular complexity index is 568. The number of hydrogen-bond donors (Lipinski definition) is 1. The van der Waals surface area contributed by atoms with Crippen molar-refractivity contribution >= 4 is 5.97 Å². The second-order valence-electron chi connectivity index (χ2n) is 4.66.